The average Bonchev–Trinajstić information content (AvgIpc) is 3.03. The summed E-state index contributed by atoms with van der Waals surface area (Å²) >= 11 is 0. The van der Waals surface area contributed by atoms with E-state index in [9.17, 15) is 14.7 Å². The number of aliphatic hydroxyl groups is 1. The summed E-state index contributed by atoms with van der Waals surface area (Å²) in [6.07, 6.45) is 1.06. The third kappa shape index (κ3) is 5.74. The van der Waals surface area contributed by atoms with Crippen molar-refractivity contribution in [3.63, 3.8) is 0 Å². The summed E-state index contributed by atoms with van der Waals surface area (Å²) in [6.45, 7) is 1.34. The Bertz CT molecular complexity index is 1120. The molecule has 198 valence electrons. The fraction of sp³-hybridized carbons (Fsp3) is 0.500. The highest BCUT2D eigenvalue weighted by Crippen LogP contribution is 2.46. The number of anilines is 1. The van der Waals surface area contributed by atoms with E-state index in [2.05, 4.69) is 10.6 Å². The zero-order valence-electron chi connectivity index (χ0n) is 21.0. The third-order valence-corrected chi connectivity index (χ3v) is 7.42. The van der Waals surface area contributed by atoms with Crippen LogP contribution in [0.2, 0.25) is 0 Å². The van der Waals surface area contributed by atoms with Gasteiger partial charge in [-0.25, -0.2) is 0 Å². The fourth-order valence-electron chi connectivity index (χ4n) is 5.58. The lowest BCUT2D eigenvalue weighted by Crippen LogP contribution is -2.48. The van der Waals surface area contributed by atoms with Crippen LogP contribution in [0.3, 0.4) is 0 Å². The van der Waals surface area contributed by atoms with Gasteiger partial charge in [-0.2, -0.15) is 0 Å². The number of hydrogen-bond donors (Lipinski definition) is 3. The minimum absolute atomic E-state index is 0.0474. The Hall–Kier alpha value is -3.14. The minimum atomic E-state index is -0.726. The van der Waals surface area contributed by atoms with Gasteiger partial charge in [-0.05, 0) is 30.7 Å². The molecule has 0 aromatic heterocycles. The van der Waals surface area contributed by atoms with Crippen molar-refractivity contribution in [1.29, 1.82) is 0 Å². The molecule has 37 heavy (non-hydrogen) atoms. The number of amides is 2. The molecular formula is C28H34N2O7. The van der Waals surface area contributed by atoms with Gasteiger partial charge in [0.25, 0.3) is 0 Å². The third-order valence-electron chi connectivity index (χ3n) is 7.42. The highest BCUT2D eigenvalue weighted by atomic mass is 16.5. The smallest absolute Gasteiger partial charge is 0.230 e. The topological polar surface area (TPSA) is 115 Å². The van der Waals surface area contributed by atoms with Gasteiger partial charge in [0.2, 0.25) is 11.8 Å². The number of para-hydroxylation sites is 1. The van der Waals surface area contributed by atoms with Crippen molar-refractivity contribution < 1.29 is 33.6 Å². The molecule has 5 rings (SSSR count). The van der Waals surface area contributed by atoms with Gasteiger partial charge >= 0.3 is 0 Å². The molecule has 0 unspecified atom stereocenters. The van der Waals surface area contributed by atoms with Gasteiger partial charge in [-0.3, -0.25) is 9.59 Å². The summed E-state index contributed by atoms with van der Waals surface area (Å²) in [6, 6.07) is 13.2. The van der Waals surface area contributed by atoms with Crippen molar-refractivity contribution in [2.45, 2.75) is 56.5 Å². The molecule has 2 fully saturated rings. The van der Waals surface area contributed by atoms with Crippen LogP contribution in [0.15, 0.2) is 42.5 Å². The van der Waals surface area contributed by atoms with Crippen molar-refractivity contribution in [2.75, 3.05) is 32.2 Å². The second-order valence-electron chi connectivity index (χ2n) is 9.81. The van der Waals surface area contributed by atoms with Crippen molar-refractivity contribution in [2.24, 2.45) is 5.92 Å². The second-order valence-corrected chi connectivity index (χ2v) is 9.81. The number of aliphatic hydroxyl groups excluding tert-OH is 1. The first-order chi connectivity index (χ1) is 18.1. The molecule has 3 heterocycles. The number of methoxy groups -OCH3 is 1. The maximum Gasteiger partial charge on any atom is 0.230 e. The molecule has 3 aliphatic heterocycles. The first-order valence-corrected chi connectivity index (χ1v) is 12.9. The maximum absolute atomic E-state index is 13.2. The Morgan fingerprint density at radius 3 is 2.76 bits per heavy atom. The Labute approximate surface area is 216 Å². The fourth-order valence-corrected chi connectivity index (χ4v) is 5.58. The van der Waals surface area contributed by atoms with E-state index >= 15 is 0 Å². The molecule has 0 aliphatic carbocycles. The summed E-state index contributed by atoms with van der Waals surface area (Å²) in [4.78, 5) is 26.0. The summed E-state index contributed by atoms with van der Waals surface area (Å²) in [5.74, 6) is 0.240. The van der Waals surface area contributed by atoms with Crippen LogP contribution in [0, 0.1) is 5.92 Å². The van der Waals surface area contributed by atoms with Crippen LogP contribution < -0.4 is 20.1 Å². The zero-order chi connectivity index (χ0) is 25.8. The standard InChI is InChI=1S/C28H34N2O7/c1-34-23-5-3-2-4-17(23)15-29-26(32)14-20-13-22-21-12-18(30-28(33)27(22)25(16-31)37-20)6-7-24(21)36-19-8-10-35-11-9-19/h2-7,12,19-20,22,25,27,31H,8-11,13-16H2,1H3,(H,29,32)(H,30,33)/t20-,22-,25+,27+/m1/s1. The molecule has 2 aromatic carbocycles. The predicted octanol–water partition coefficient (Wildman–Crippen LogP) is 2.76. The van der Waals surface area contributed by atoms with Gasteiger partial charge in [0.1, 0.15) is 17.6 Å². The van der Waals surface area contributed by atoms with E-state index in [1.54, 1.807) is 7.11 Å². The van der Waals surface area contributed by atoms with Gasteiger partial charge in [-0.15, -0.1) is 0 Å². The highest BCUT2D eigenvalue weighted by Gasteiger charge is 2.46. The molecule has 9 heteroatoms. The van der Waals surface area contributed by atoms with Crippen molar-refractivity contribution in [3.05, 3.63) is 53.6 Å². The number of fused-ring (bicyclic) bond motifs is 4. The summed E-state index contributed by atoms with van der Waals surface area (Å²) in [5, 5.41) is 16.0. The summed E-state index contributed by atoms with van der Waals surface area (Å²) in [7, 11) is 1.60. The average molecular weight is 511 g/mol. The Morgan fingerprint density at radius 1 is 1.16 bits per heavy atom. The quantitative estimate of drug-likeness (QED) is 0.500. The molecule has 3 N–H and O–H groups in total. The normalized spacial score (nSPS) is 25.4. The van der Waals surface area contributed by atoms with Crippen molar-refractivity contribution in [3.8, 4) is 11.5 Å². The molecule has 2 aromatic rings. The van der Waals surface area contributed by atoms with Crippen molar-refractivity contribution in [1.82, 2.24) is 5.32 Å². The SMILES string of the molecule is COc1ccccc1CNC(=O)C[C@H]1C[C@@H]2c3cc(ccc3OC3CCOCC3)NC(=O)[C@@H]2[C@H](CO)O1. The Kier molecular flexibility index (Phi) is 7.93. The molecule has 2 saturated heterocycles. The number of nitrogens with one attached hydrogen (secondary N) is 2. The lowest BCUT2D eigenvalue weighted by Gasteiger charge is -2.40. The number of rotatable bonds is 8. The van der Waals surface area contributed by atoms with Gasteiger partial charge in [0.05, 0.1) is 51.5 Å². The van der Waals surface area contributed by atoms with Crippen LogP contribution in [0.25, 0.3) is 0 Å². The van der Waals surface area contributed by atoms with Gasteiger partial charge in [0.15, 0.2) is 0 Å². The van der Waals surface area contributed by atoms with E-state index in [4.69, 9.17) is 18.9 Å². The molecule has 2 amide bonds. The Morgan fingerprint density at radius 2 is 1.97 bits per heavy atom. The number of benzene rings is 2. The van der Waals surface area contributed by atoms with E-state index in [0.29, 0.717) is 37.6 Å². The largest absolute Gasteiger partial charge is 0.496 e. The van der Waals surface area contributed by atoms with E-state index in [1.165, 1.54) is 0 Å². The van der Waals surface area contributed by atoms with Crippen LogP contribution in [0.1, 0.15) is 42.7 Å². The predicted molar refractivity (Wildman–Crippen MR) is 136 cm³/mol. The van der Waals surface area contributed by atoms with Crippen LogP contribution in [0.5, 0.6) is 11.5 Å². The molecule has 0 radical (unpaired) electrons. The van der Waals surface area contributed by atoms with Gasteiger partial charge in [-0.1, -0.05) is 18.2 Å². The van der Waals surface area contributed by atoms with Crippen LogP contribution in [-0.2, 0) is 25.6 Å². The van der Waals surface area contributed by atoms with E-state index in [-0.39, 0.29) is 36.9 Å². The first-order valence-electron chi connectivity index (χ1n) is 12.9. The van der Waals surface area contributed by atoms with Gasteiger partial charge < -0.3 is 34.7 Å². The number of ether oxygens (including phenoxy) is 4. The molecule has 9 nitrogen and oxygen atoms in total. The van der Waals surface area contributed by atoms with Crippen LogP contribution in [-0.4, -0.2) is 62.2 Å². The van der Waals surface area contributed by atoms with E-state index < -0.39 is 18.1 Å². The lowest BCUT2D eigenvalue weighted by molar-refractivity contribution is -0.148. The zero-order valence-corrected chi connectivity index (χ0v) is 21.0. The molecule has 2 bridgehead atoms. The van der Waals surface area contributed by atoms with Gasteiger partial charge in [0, 0.05) is 42.1 Å². The molecule has 3 aliphatic rings. The van der Waals surface area contributed by atoms with Crippen molar-refractivity contribution >= 4 is 17.5 Å². The second kappa shape index (κ2) is 11.5. The minimum Gasteiger partial charge on any atom is -0.496 e. The highest BCUT2D eigenvalue weighted by molar-refractivity contribution is 5.95. The van der Waals surface area contributed by atoms with Crippen LogP contribution >= 0.6 is 0 Å². The summed E-state index contributed by atoms with van der Waals surface area (Å²) in [5.41, 5.74) is 2.48. The molecular weight excluding hydrogens is 476 g/mol. The van der Waals surface area contributed by atoms with E-state index in [0.717, 1.165) is 29.7 Å². The Balaban J connectivity index is 1.32. The number of hydrogen-bond acceptors (Lipinski definition) is 7. The van der Waals surface area contributed by atoms with Crippen LogP contribution in [0.4, 0.5) is 5.69 Å². The molecule has 0 spiro atoms. The summed E-state index contributed by atoms with van der Waals surface area (Å²) < 4.78 is 23.3. The number of carbonyl (C=O) groups excluding carboxylic acids is 2. The molecule has 4 atom stereocenters. The number of carbonyl (C=O) groups is 2. The van der Waals surface area contributed by atoms with E-state index in [1.807, 2.05) is 42.5 Å². The lowest BCUT2D eigenvalue weighted by atomic mass is 9.76. The monoisotopic (exact) mass is 510 g/mol. The maximum atomic E-state index is 13.2. The first kappa shape index (κ1) is 25.5. The molecule has 0 saturated carbocycles.